The molecule has 7 nitrogen and oxygen atoms in total. The van der Waals surface area contributed by atoms with Crippen LogP contribution in [0.15, 0.2) is 63.5 Å². The van der Waals surface area contributed by atoms with Gasteiger partial charge in [0.25, 0.3) is 5.56 Å². The Kier molecular flexibility index (Phi) is 9.07. The summed E-state index contributed by atoms with van der Waals surface area (Å²) in [5.41, 5.74) is 3.73. The maximum Gasteiger partial charge on any atom is 0.338 e. The molecule has 2 heterocycles. The number of rotatable bonds is 10. The predicted molar refractivity (Wildman–Crippen MR) is 154 cm³/mol. The van der Waals surface area contributed by atoms with Crippen molar-refractivity contribution >= 4 is 23.4 Å². The maximum absolute atomic E-state index is 13.9. The van der Waals surface area contributed by atoms with Gasteiger partial charge in [0.15, 0.2) is 16.3 Å². The fourth-order valence-corrected chi connectivity index (χ4v) is 5.72. The van der Waals surface area contributed by atoms with Gasteiger partial charge in [-0.15, -0.1) is 0 Å². The smallest absolute Gasteiger partial charge is 0.338 e. The molecule has 3 aromatic rings. The van der Waals surface area contributed by atoms with Crippen LogP contribution in [0.4, 0.5) is 0 Å². The number of hydrogen-bond donors (Lipinski definition) is 0. The Bertz CT molecular complexity index is 1550. The minimum atomic E-state index is -0.625. The zero-order valence-corrected chi connectivity index (χ0v) is 24.3. The predicted octanol–water partition coefficient (Wildman–Crippen LogP) is 5.11. The molecule has 1 aromatic heterocycles. The van der Waals surface area contributed by atoms with E-state index in [1.165, 1.54) is 16.9 Å². The Morgan fingerprint density at radius 2 is 1.82 bits per heavy atom. The van der Waals surface area contributed by atoms with Crippen LogP contribution < -0.4 is 24.4 Å². The number of thiazole rings is 1. The van der Waals surface area contributed by atoms with Crippen molar-refractivity contribution in [3.8, 4) is 11.5 Å². The number of benzene rings is 2. The number of esters is 1. The molecule has 0 unspecified atom stereocenters. The van der Waals surface area contributed by atoms with Crippen molar-refractivity contribution in [2.24, 2.45) is 4.99 Å². The van der Waals surface area contributed by atoms with Gasteiger partial charge in [0.1, 0.15) is 0 Å². The second-order valence-electron chi connectivity index (χ2n) is 9.58. The molecule has 1 aliphatic rings. The van der Waals surface area contributed by atoms with Gasteiger partial charge in [-0.2, -0.15) is 0 Å². The quantitative estimate of drug-likeness (QED) is 0.329. The van der Waals surface area contributed by atoms with Crippen molar-refractivity contribution in [3.05, 3.63) is 90.1 Å². The highest BCUT2D eigenvalue weighted by Gasteiger charge is 2.34. The van der Waals surface area contributed by atoms with Gasteiger partial charge in [-0.1, -0.05) is 68.9 Å². The van der Waals surface area contributed by atoms with Crippen molar-refractivity contribution in [3.63, 3.8) is 0 Å². The minimum absolute atomic E-state index is 0.207. The fraction of sp³-hybridized carbons (Fsp3) is 0.387. The maximum atomic E-state index is 13.9. The first-order valence-corrected chi connectivity index (χ1v) is 14.3. The van der Waals surface area contributed by atoms with Crippen LogP contribution in [0.5, 0.6) is 11.5 Å². The Morgan fingerprint density at radius 1 is 1.08 bits per heavy atom. The molecule has 0 saturated carbocycles. The summed E-state index contributed by atoms with van der Waals surface area (Å²) in [6.07, 6.45) is 3.24. The van der Waals surface area contributed by atoms with Crippen molar-refractivity contribution in [2.75, 3.05) is 20.3 Å². The molecule has 39 heavy (non-hydrogen) atoms. The Labute approximate surface area is 233 Å². The number of carbonyl (C=O) groups is 1. The van der Waals surface area contributed by atoms with Crippen molar-refractivity contribution in [1.82, 2.24) is 4.57 Å². The van der Waals surface area contributed by atoms with Crippen molar-refractivity contribution in [1.29, 1.82) is 0 Å². The van der Waals surface area contributed by atoms with E-state index in [4.69, 9.17) is 19.2 Å². The number of hydrogen-bond acceptors (Lipinski definition) is 7. The van der Waals surface area contributed by atoms with E-state index in [0.29, 0.717) is 51.0 Å². The highest BCUT2D eigenvalue weighted by atomic mass is 32.1. The summed E-state index contributed by atoms with van der Waals surface area (Å²) < 4.78 is 18.8. The number of aromatic nitrogens is 1. The van der Waals surface area contributed by atoms with E-state index < -0.39 is 12.0 Å². The molecule has 1 atom stereocenters. The molecule has 0 amide bonds. The second-order valence-corrected chi connectivity index (χ2v) is 10.6. The van der Waals surface area contributed by atoms with Gasteiger partial charge < -0.3 is 14.2 Å². The van der Waals surface area contributed by atoms with Crippen LogP contribution >= 0.6 is 11.3 Å². The largest absolute Gasteiger partial charge is 0.493 e. The van der Waals surface area contributed by atoms with Crippen LogP contribution in [0.25, 0.3) is 6.08 Å². The van der Waals surface area contributed by atoms with Gasteiger partial charge in [0.2, 0.25) is 0 Å². The number of ether oxygens (including phenoxy) is 3. The zero-order valence-electron chi connectivity index (χ0n) is 23.4. The third-order valence-corrected chi connectivity index (χ3v) is 7.58. The normalized spacial score (nSPS) is 15.3. The van der Waals surface area contributed by atoms with Crippen LogP contribution in [-0.4, -0.2) is 30.9 Å². The van der Waals surface area contributed by atoms with Crippen molar-refractivity contribution < 1.29 is 19.0 Å². The van der Waals surface area contributed by atoms with Gasteiger partial charge in [-0.05, 0) is 61.1 Å². The molecule has 0 fully saturated rings. The Balaban J connectivity index is 1.93. The summed E-state index contributed by atoms with van der Waals surface area (Å²) in [6.45, 7) is 10.8. The summed E-state index contributed by atoms with van der Waals surface area (Å²) in [6, 6.07) is 13.1. The molecule has 1 aliphatic heterocycles. The summed E-state index contributed by atoms with van der Waals surface area (Å²) in [5, 5.41) is 0. The number of fused-ring (bicyclic) bond motifs is 1. The standard InChI is InChI=1S/C31H36N2O5S/c1-7-10-23-27(30(35)38-9-3)28(22-14-12-21(13-15-22)19(4)5)33-29(34)26(39-31(33)32-23)18-20-11-16-24(37-8-2)25(17-20)36-6/h11-19,28H,7-10H2,1-6H3/b26-18-/t28-/m0/s1. The zero-order chi connectivity index (χ0) is 28.1. The second kappa shape index (κ2) is 12.5. The lowest BCUT2D eigenvalue weighted by Crippen LogP contribution is -2.40. The molecule has 0 bridgehead atoms. The molecule has 0 N–H and O–H groups in total. The van der Waals surface area contributed by atoms with Gasteiger partial charge in [-0.25, -0.2) is 9.79 Å². The van der Waals surface area contributed by atoms with E-state index >= 15 is 0 Å². The van der Waals surface area contributed by atoms with Crippen LogP contribution in [0.3, 0.4) is 0 Å². The number of carbonyl (C=O) groups excluding carboxylic acids is 1. The minimum Gasteiger partial charge on any atom is -0.493 e. The molecule has 0 aliphatic carbocycles. The van der Waals surface area contributed by atoms with Crippen LogP contribution in [0.2, 0.25) is 0 Å². The lowest BCUT2D eigenvalue weighted by molar-refractivity contribution is -0.139. The molecule has 206 valence electrons. The molecular formula is C31H36N2O5S. The third-order valence-electron chi connectivity index (χ3n) is 6.60. The monoisotopic (exact) mass is 548 g/mol. The first-order valence-electron chi connectivity index (χ1n) is 13.4. The Hall–Kier alpha value is -3.65. The molecule has 0 radical (unpaired) electrons. The SMILES string of the molecule is CCCC1=C(C(=O)OCC)[C@H](c2ccc(C(C)C)cc2)n2c(s/c(=C\c3ccc(OCC)c(OC)c3)c2=O)=N1. The van der Waals surface area contributed by atoms with Gasteiger partial charge in [0.05, 0.1) is 42.2 Å². The highest BCUT2D eigenvalue weighted by Crippen LogP contribution is 2.33. The van der Waals surface area contributed by atoms with Crippen LogP contribution in [-0.2, 0) is 9.53 Å². The fourth-order valence-electron chi connectivity index (χ4n) is 4.70. The Morgan fingerprint density at radius 3 is 2.44 bits per heavy atom. The average molecular weight is 549 g/mol. The van der Waals surface area contributed by atoms with Crippen LogP contribution in [0.1, 0.15) is 76.1 Å². The number of methoxy groups -OCH3 is 1. The van der Waals surface area contributed by atoms with E-state index in [1.54, 1.807) is 18.6 Å². The summed E-state index contributed by atoms with van der Waals surface area (Å²) in [5.74, 6) is 1.17. The first kappa shape index (κ1) is 28.4. The first-order chi connectivity index (χ1) is 18.8. The average Bonchev–Trinajstić information content (AvgIpc) is 3.23. The molecule has 0 saturated heterocycles. The third kappa shape index (κ3) is 5.86. The van der Waals surface area contributed by atoms with Gasteiger partial charge in [-0.3, -0.25) is 9.36 Å². The summed E-state index contributed by atoms with van der Waals surface area (Å²) >= 11 is 1.32. The topological polar surface area (TPSA) is 79.1 Å². The molecule has 8 heteroatoms. The number of nitrogens with zero attached hydrogens (tertiary/aromatic N) is 2. The molecule has 4 rings (SSSR count). The van der Waals surface area contributed by atoms with Gasteiger partial charge in [0, 0.05) is 0 Å². The van der Waals surface area contributed by atoms with E-state index in [1.807, 2.05) is 50.3 Å². The number of allylic oxidation sites excluding steroid dienone is 1. The molecule has 2 aromatic carbocycles. The van der Waals surface area contributed by atoms with E-state index in [9.17, 15) is 9.59 Å². The molecule has 0 spiro atoms. The lowest BCUT2D eigenvalue weighted by atomic mass is 9.92. The lowest BCUT2D eigenvalue weighted by Gasteiger charge is -2.26. The highest BCUT2D eigenvalue weighted by molar-refractivity contribution is 7.07. The summed E-state index contributed by atoms with van der Waals surface area (Å²) in [7, 11) is 1.59. The van der Waals surface area contributed by atoms with E-state index in [2.05, 4.69) is 26.0 Å². The van der Waals surface area contributed by atoms with Crippen LogP contribution in [0, 0.1) is 0 Å². The van der Waals surface area contributed by atoms with E-state index in [0.717, 1.165) is 17.5 Å². The molecular weight excluding hydrogens is 512 g/mol. The summed E-state index contributed by atoms with van der Waals surface area (Å²) in [4.78, 5) is 32.7. The van der Waals surface area contributed by atoms with Crippen molar-refractivity contribution in [2.45, 2.75) is 59.4 Å². The van der Waals surface area contributed by atoms with E-state index in [-0.39, 0.29) is 12.2 Å². The van der Waals surface area contributed by atoms with Gasteiger partial charge >= 0.3 is 5.97 Å².